The molecule has 0 spiro atoms. The van der Waals surface area contributed by atoms with Crippen LogP contribution in [0.1, 0.15) is 44.2 Å². The molecular weight excluding hydrogens is 276 g/mol. The Bertz CT molecular complexity index is 537. The zero-order chi connectivity index (χ0) is 15.1. The van der Waals surface area contributed by atoms with E-state index in [9.17, 15) is 4.79 Å². The topological polar surface area (TPSA) is 35.5 Å². The van der Waals surface area contributed by atoms with Crippen molar-refractivity contribution in [1.82, 2.24) is 0 Å². The van der Waals surface area contributed by atoms with E-state index in [0.717, 1.165) is 22.6 Å². The average molecular weight is 297 g/mol. The van der Waals surface area contributed by atoms with Gasteiger partial charge >= 0.3 is 0 Å². The van der Waals surface area contributed by atoms with Crippen molar-refractivity contribution in [3.63, 3.8) is 0 Å². The minimum absolute atomic E-state index is 0.0289. The molecule has 2 atom stereocenters. The van der Waals surface area contributed by atoms with Crippen LogP contribution < -0.4 is 9.47 Å². The van der Waals surface area contributed by atoms with E-state index in [4.69, 9.17) is 21.1 Å². The van der Waals surface area contributed by atoms with Gasteiger partial charge in [-0.1, -0.05) is 6.92 Å². The number of aryl methyl sites for hydroxylation is 1. The molecule has 1 aliphatic heterocycles. The van der Waals surface area contributed by atoms with Crippen LogP contribution in [0.3, 0.4) is 0 Å². The molecule has 1 aromatic rings. The smallest absolute Gasteiger partial charge is 0.177 e. The molecule has 0 bridgehead atoms. The van der Waals surface area contributed by atoms with Gasteiger partial charge in [-0.15, -0.1) is 11.6 Å². The molecule has 20 heavy (non-hydrogen) atoms. The van der Waals surface area contributed by atoms with Crippen LogP contribution in [0.2, 0.25) is 0 Å². The second-order valence-electron chi connectivity index (χ2n) is 5.90. The number of hydrogen-bond acceptors (Lipinski definition) is 3. The van der Waals surface area contributed by atoms with Crippen LogP contribution in [0.4, 0.5) is 0 Å². The summed E-state index contributed by atoms with van der Waals surface area (Å²) >= 11 is 6.41. The molecule has 4 heteroatoms. The monoisotopic (exact) mass is 296 g/mol. The second-order valence-corrected chi connectivity index (χ2v) is 6.46. The molecule has 0 aliphatic carbocycles. The van der Waals surface area contributed by atoms with Gasteiger partial charge in [0.2, 0.25) is 0 Å². The van der Waals surface area contributed by atoms with E-state index in [-0.39, 0.29) is 17.1 Å². The van der Waals surface area contributed by atoms with Crippen LogP contribution in [0.25, 0.3) is 0 Å². The summed E-state index contributed by atoms with van der Waals surface area (Å²) in [4.78, 5) is 12.2. The van der Waals surface area contributed by atoms with Crippen molar-refractivity contribution in [2.45, 2.75) is 51.0 Å². The van der Waals surface area contributed by atoms with Gasteiger partial charge in [-0.25, -0.2) is 0 Å². The Balaban J connectivity index is 2.58. The number of hydrogen-bond donors (Lipinski definition) is 0. The number of halogens is 1. The zero-order valence-electron chi connectivity index (χ0n) is 12.6. The van der Waals surface area contributed by atoms with Gasteiger partial charge in [-0.2, -0.15) is 0 Å². The Hall–Kier alpha value is -1.22. The van der Waals surface area contributed by atoms with Gasteiger partial charge in [0.15, 0.2) is 11.4 Å². The van der Waals surface area contributed by atoms with Crippen LogP contribution in [-0.4, -0.2) is 23.9 Å². The number of carbonyl (C=O) groups excluding carboxylic acids is 1. The standard InChI is InChI=1S/C16H21ClO3/c1-9-6-14-11(7-13(9)19-5)10(2)12(17)8-15(18)16(3,4)20-14/h6-7,10,12H,8H2,1-5H3/t10-,12+/m0/s1. The minimum atomic E-state index is -0.858. The molecule has 0 fully saturated rings. The zero-order valence-corrected chi connectivity index (χ0v) is 13.4. The highest BCUT2D eigenvalue weighted by Crippen LogP contribution is 2.41. The number of Topliss-reactive ketones (excluding diaryl/α,β-unsaturated/α-hetero) is 1. The summed E-state index contributed by atoms with van der Waals surface area (Å²) in [7, 11) is 1.65. The van der Waals surface area contributed by atoms with Crippen LogP contribution in [-0.2, 0) is 4.79 Å². The number of carbonyl (C=O) groups is 1. The van der Waals surface area contributed by atoms with E-state index in [1.165, 1.54) is 0 Å². The quantitative estimate of drug-likeness (QED) is 0.739. The predicted molar refractivity (Wildman–Crippen MR) is 80.1 cm³/mol. The lowest BCUT2D eigenvalue weighted by Crippen LogP contribution is -2.41. The van der Waals surface area contributed by atoms with Crippen molar-refractivity contribution < 1.29 is 14.3 Å². The fourth-order valence-electron chi connectivity index (χ4n) is 2.47. The summed E-state index contributed by atoms with van der Waals surface area (Å²) in [5, 5.41) is -0.239. The highest BCUT2D eigenvalue weighted by molar-refractivity contribution is 6.22. The predicted octanol–water partition coefficient (Wildman–Crippen LogP) is 3.84. The number of ketones is 1. The van der Waals surface area contributed by atoms with E-state index in [2.05, 4.69) is 0 Å². The fourth-order valence-corrected chi connectivity index (χ4v) is 2.74. The van der Waals surface area contributed by atoms with Crippen molar-refractivity contribution in [3.05, 3.63) is 23.3 Å². The molecule has 0 amide bonds. The molecule has 0 aromatic heterocycles. The molecule has 1 aliphatic rings. The van der Waals surface area contributed by atoms with Crippen LogP contribution >= 0.6 is 11.6 Å². The van der Waals surface area contributed by atoms with Crippen LogP contribution in [0.5, 0.6) is 11.5 Å². The molecule has 0 radical (unpaired) electrons. The van der Waals surface area contributed by atoms with E-state index in [1.54, 1.807) is 21.0 Å². The Morgan fingerprint density at radius 2 is 2.05 bits per heavy atom. The molecular formula is C16H21ClO3. The van der Waals surface area contributed by atoms with Crippen molar-refractivity contribution in [2.24, 2.45) is 0 Å². The number of ether oxygens (including phenoxy) is 2. The maximum absolute atomic E-state index is 12.2. The summed E-state index contributed by atoms with van der Waals surface area (Å²) in [6.45, 7) is 7.55. The summed E-state index contributed by atoms with van der Waals surface area (Å²) in [5.41, 5.74) is 1.12. The molecule has 3 nitrogen and oxygen atoms in total. The summed E-state index contributed by atoms with van der Waals surface area (Å²) in [6, 6.07) is 3.89. The molecule has 0 saturated carbocycles. The van der Waals surface area contributed by atoms with Gasteiger partial charge < -0.3 is 9.47 Å². The number of benzene rings is 1. The maximum Gasteiger partial charge on any atom is 0.177 e. The first-order valence-electron chi connectivity index (χ1n) is 6.81. The first kappa shape index (κ1) is 15.2. The minimum Gasteiger partial charge on any atom is -0.496 e. The molecule has 0 unspecified atom stereocenters. The van der Waals surface area contributed by atoms with E-state index in [0.29, 0.717) is 6.42 Å². The Morgan fingerprint density at radius 3 is 2.65 bits per heavy atom. The van der Waals surface area contributed by atoms with Gasteiger partial charge in [-0.05, 0) is 38.5 Å². The highest BCUT2D eigenvalue weighted by Gasteiger charge is 2.37. The number of methoxy groups -OCH3 is 1. The summed E-state index contributed by atoms with van der Waals surface area (Å²) < 4.78 is 11.3. The third-order valence-electron chi connectivity index (χ3n) is 3.98. The largest absolute Gasteiger partial charge is 0.496 e. The third-order valence-corrected chi connectivity index (χ3v) is 4.51. The van der Waals surface area contributed by atoms with Gasteiger partial charge in [0, 0.05) is 23.3 Å². The Labute approximate surface area is 125 Å². The lowest BCUT2D eigenvalue weighted by Gasteiger charge is -2.33. The number of alkyl halides is 1. The van der Waals surface area contributed by atoms with Crippen molar-refractivity contribution >= 4 is 17.4 Å². The second kappa shape index (κ2) is 5.28. The lowest BCUT2D eigenvalue weighted by molar-refractivity contribution is -0.132. The van der Waals surface area contributed by atoms with E-state index in [1.807, 2.05) is 26.0 Å². The molecule has 1 heterocycles. The van der Waals surface area contributed by atoms with Crippen LogP contribution in [0, 0.1) is 6.92 Å². The van der Waals surface area contributed by atoms with Crippen molar-refractivity contribution in [3.8, 4) is 11.5 Å². The molecule has 0 saturated heterocycles. The first-order valence-corrected chi connectivity index (χ1v) is 7.25. The highest BCUT2D eigenvalue weighted by atomic mass is 35.5. The summed E-state index contributed by atoms with van der Waals surface area (Å²) in [6.07, 6.45) is 0.311. The maximum atomic E-state index is 12.2. The van der Waals surface area contributed by atoms with Gasteiger partial charge in [0.25, 0.3) is 0 Å². The fraction of sp³-hybridized carbons (Fsp3) is 0.562. The summed E-state index contributed by atoms with van der Waals surface area (Å²) in [5.74, 6) is 1.59. The number of fused-ring (bicyclic) bond motifs is 1. The Morgan fingerprint density at radius 1 is 1.40 bits per heavy atom. The van der Waals surface area contributed by atoms with Crippen LogP contribution in [0.15, 0.2) is 12.1 Å². The van der Waals surface area contributed by atoms with Gasteiger partial charge in [0.05, 0.1) is 7.11 Å². The SMILES string of the molecule is COc1cc2c(cc1C)OC(C)(C)C(=O)C[C@@H](Cl)[C@H]2C. The third kappa shape index (κ3) is 2.64. The van der Waals surface area contributed by atoms with E-state index >= 15 is 0 Å². The lowest BCUT2D eigenvalue weighted by atomic mass is 9.87. The molecule has 110 valence electrons. The first-order chi connectivity index (χ1) is 9.26. The number of rotatable bonds is 1. The average Bonchev–Trinajstić information content (AvgIpc) is 2.36. The molecule has 0 N–H and O–H groups in total. The Kier molecular flexibility index (Phi) is 4.01. The van der Waals surface area contributed by atoms with Gasteiger partial charge in [0.1, 0.15) is 11.5 Å². The normalized spacial score (nSPS) is 25.2. The van der Waals surface area contributed by atoms with Crippen molar-refractivity contribution in [2.75, 3.05) is 7.11 Å². The van der Waals surface area contributed by atoms with Gasteiger partial charge in [-0.3, -0.25) is 4.79 Å². The molecule has 1 aromatic carbocycles. The van der Waals surface area contributed by atoms with Crippen molar-refractivity contribution in [1.29, 1.82) is 0 Å². The molecule has 2 rings (SSSR count). The van der Waals surface area contributed by atoms with E-state index < -0.39 is 5.60 Å².